The largest absolute Gasteiger partial charge is 0.354 e. The lowest BCUT2D eigenvalue weighted by Gasteiger charge is -2.23. The summed E-state index contributed by atoms with van der Waals surface area (Å²) in [6.45, 7) is 4.03. The normalized spacial score (nSPS) is 25.8. The van der Waals surface area contributed by atoms with Crippen molar-refractivity contribution < 1.29 is 4.79 Å². The highest BCUT2D eigenvalue weighted by Gasteiger charge is 2.28. The van der Waals surface area contributed by atoms with Gasteiger partial charge in [0.2, 0.25) is 5.91 Å². The van der Waals surface area contributed by atoms with Crippen molar-refractivity contribution in [1.29, 1.82) is 5.26 Å². The van der Waals surface area contributed by atoms with Crippen LogP contribution in [0.15, 0.2) is 0 Å². The van der Waals surface area contributed by atoms with Crippen molar-refractivity contribution >= 4 is 5.91 Å². The first-order valence-electron chi connectivity index (χ1n) is 6.41. The van der Waals surface area contributed by atoms with Gasteiger partial charge >= 0.3 is 0 Å². The van der Waals surface area contributed by atoms with E-state index in [1.165, 1.54) is 6.42 Å². The average Bonchev–Trinajstić information content (AvgIpc) is 2.51. The summed E-state index contributed by atoms with van der Waals surface area (Å²) >= 11 is 0. The Hall–Kier alpha value is -1.08. The maximum absolute atomic E-state index is 12.0. The van der Waals surface area contributed by atoms with Gasteiger partial charge in [0.15, 0.2) is 0 Å². The third-order valence-corrected chi connectivity index (χ3v) is 3.41. The highest BCUT2D eigenvalue weighted by atomic mass is 16.1. The molecule has 4 nitrogen and oxygen atoms in total. The van der Waals surface area contributed by atoms with E-state index >= 15 is 0 Å². The van der Waals surface area contributed by atoms with E-state index in [0.29, 0.717) is 6.54 Å². The third-order valence-electron chi connectivity index (χ3n) is 3.41. The Balaban J connectivity index is 2.49. The van der Waals surface area contributed by atoms with Crippen LogP contribution >= 0.6 is 0 Å². The number of rotatable bonds is 3. The van der Waals surface area contributed by atoms with Crippen LogP contribution in [0.25, 0.3) is 0 Å². The third kappa shape index (κ3) is 4.35. The first kappa shape index (κ1) is 14.0. The second kappa shape index (κ2) is 6.02. The van der Waals surface area contributed by atoms with Gasteiger partial charge in [0, 0.05) is 12.6 Å². The molecule has 0 heterocycles. The number of hydrogen-bond donors (Lipinski definition) is 2. The standard InChI is InChI=1S/C13H23N3O/c1-13(2,8-14)9-16-12(17)10-6-4-3-5-7-11(10)15/h10-11H,3-7,9,15H2,1-2H3,(H,16,17). The number of carbonyl (C=O) groups is 1. The van der Waals surface area contributed by atoms with E-state index in [9.17, 15) is 4.79 Å². The summed E-state index contributed by atoms with van der Waals surface area (Å²) < 4.78 is 0. The summed E-state index contributed by atoms with van der Waals surface area (Å²) in [6.07, 6.45) is 5.17. The van der Waals surface area contributed by atoms with Gasteiger partial charge < -0.3 is 11.1 Å². The Labute approximate surface area is 104 Å². The van der Waals surface area contributed by atoms with E-state index in [1.807, 2.05) is 13.8 Å². The Morgan fingerprint density at radius 1 is 1.41 bits per heavy atom. The van der Waals surface area contributed by atoms with Crippen LogP contribution < -0.4 is 11.1 Å². The van der Waals surface area contributed by atoms with E-state index in [-0.39, 0.29) is 17.9 Å². The molecule has 2 atom stereocenters. The Kier molecular flexibility index (Phi) is 4.95. The second-order valence-electron chi connectivity index (χ2n) is 5.62. The Morgan fingerprint density at radius 2 is 2.06 bits per heavy atom. The summed E-state index contributed by atoms with van der Waals surface area (Å²) in [7, 11) is 0. The quantitative estimate of drug-likeness (QED) is 0.731. The minimum absolute atomic E-state index is 0.0164. The van der Waals surface area contributed by atoms with Crippen molar-refractivity contribution in [3.05, 3.63) is 0 Å². The fourth-order valence-corrected chi connectivity index (χ4v) is 2.14. The van der Waals surface area contributed by atoms with Crippen LogP contribution in [0.4, 0.5) is 0 Å². The molecule has 0 radical (unpaired) electrons. The molecule has 0 aliphatic heterocycles. The van der Waals surface area contributed by atoms with E-state index in [2.05, 4.69) is 11.4 Å². The minimum atomic E-state index is -0.509. The lowest BCUT2D eigenvalue weighted by atomic mass is 9.92. The van der Waals surface area contributed by atoms with Crippen LogP contribution in [0.5, 0.6) is 0 Å². The van der Waals surface area contributed by atoms with Gasteiger partial charge in [-0.2, -0.15) is 5.26 Å². The molecule has 1 fully saturated rings. The van der Waals surface area contributed by atoms with E-state index in [1.54, 1.807) is 0 Å². The summed E-state index contributed by atoms with van der Waals surface area (Å²) in [5, 5.41) is 11.7. The lowest BCUT2D eigenvalue weighted by Crippen LogP contribution is -2.43. The maximum Gasteiger partial charge on any atom is 0.224 e. The number of amides is 1. The van der Waals surface area contributed by atoms with Gasteiger partial charge in [-0.05, 0) is 26.7 Å². The molecular weight excluding hydrogens is 214 g/mol. The molecule has 3 N–H and O–H groups in total. The van der Waals surface area contributed by atoms with Crippen LogP contribution in [0.2, 0.25) is 0 Å². The zero-order chi connectivity index (χ0) is 12.9. The average molecular weight is 237 g/mol. The molecule has 0 aromatic heterocycles. The highest BCUT2D eigenvalue weighted by molar-refractivity contribution is 5.79. The van der Waals surface area contributed by atoms with Crippen molar-refractivity contribution in [2.75, 3.05) is 6.54 Å². The van der Waals surface area contributed by atoms with Gasteiger partial charge in [-0.15, -0.1) is 0 Å². The van der Waals surface area contributed by atoms with E-state index in [0.717, 1.165) is 25.7 Å². The molecule has 1 aliphatic carbocycles. The number of nitrogens with one attached hydrogen (secondary N) is 1. The van der Waals surface area contributed by atoms with E-state index in [4.69, 9.17) is 11.0 Å². The van der Waals surface area contributed by atoms with Gasteiger partial charge in [0.25, 0.3) is 0 Å². The summed E-state index contributed by atoms with van der Waals surface area (Å²) in [5.74, 6) is -0.0604. The molecule has 1 aliphatic rings. The Morgan fingerprint density at radius 3 is 2.71 bits per heavy atom. The summed E-state index contributed by atoms with van der Waals surface area (Å²) in [4.78, 5) is 12.0. The second-order valence-corrected chi connectivity index (χ2v) is 5.62. The molecular formula is C13H23N3O. The van der Waals surface area contributed by atoms with Crippen molar-refractivity contribution in [2.24, 2.45) is 17.1 Å². The van der Waals surface area contributed by atoms with Gasteiger partial charge in [-0.3, -0.25) is 4.79 Å². The zero-order valence-corrected chi connectivity index (χ0v) is 10.8. The van der Waals surface area contributed by atoms with Gasteiger partial charge in [0.1, 0.15) is 0 Å². The monoisotopic (exact) mass is 237 g/mol. The fourth-order valence-electron chi connectivity index (χ4n) is 2.14. The van der Waals surface area contributed by atoms with Crippen molar-refractivity contribution in [3.63, 3.8) is 0 Å². The van der Waals surface area contributed by atoms with E-state index < -0.39 is 5.41 Å². The summed E-state index contributed by atoms with van der Waals surface area (Å²) in [5.41, 5.74) is 5.52. The molecule has 1 rings (SSSR count). The molecule has 96 valence electrons. The predicted molar refractivity (Wildman–Crippen MR) is 67.0 cm³/mol. The number of nitrogens with two attached hydrogens (primary N) is 1. The highest BCUT2D eigenvalue weighted by Crippen LogP contribution is 2.22. The smallest absolute Gasteiger partial charge is 0.224 e. The molecule has 1 saturated carbocycles. The topological polar surface area (TPSA) is 78.9 Å². The first-order valence-corrected chi connectivity index (χ1v) is 6.41. The molecule has 4 heteroatoms. The maximum atomic E-state index is 12.0. The molecule has 17 heavy (non-hydrogen) atoms. The van der Waals surface area contributed by atoms with Gasteiger partial charge in [-0.25, -0.2) is 0 Å². The van der Waals surface area contributed by atoms with Crippen molar-refractivity contribution in [1.82, 2.24) is 5.32 Å². The summed E-state index contributed by atoms with van der Waals surface area (Å²) in [6, 6.07) is 2.15. The predicted octanol–water partition coefficient (Wildman–Crippen LogP) is 1.56. The van der Waals surface area contributed by atoms with Crippen LogP contribution in [0, 0.1) is 22.7 Å². The fraction of sp³-hybridized carbons (Fsp3) is 0.846. The number of hydrogen-bond acceptors (Lipinski definition) is 3. The minimum Gasteiger partial charge on any atom is -0.354 e. The lowest BCUT2D eigenvalue weighted by molar-refractivity contribution is -0.126. The molecule has 0 spiro atoms. The van der Waals surface area contributed by atoms with Crippen LogP contribution in [0.3, 0.4) is 0 Å². The molecule has 0 saturated heterocycles. The zero-order valence-electron chi connectivity index (χ0n) is 10.8. The number of nitrogens with zero attached hydrogens (tertiary/aromatic N) is 1. The Bertz CT molecular complexity index is 306. The van der Waals surface area contributed by atoms with Crippen LogP contribution in [-0.4, -0.2) is 18.5 Å². The molecule has 0 aromatic carbocycles. The number of carbonyl (C=O) groups excluding carboxylic acids is 1. The van der Waals surface area contributed by atoms with Crippen LogP contribution in [-0.2, 0) is 4.79 Å². The van der Waals surface area contributed by atoms with Crippen molar-refractivity contribution in [2.45, 2.75) is 52.0 Å². The van der Waals surface area contributed by atoms with Crippen molar-refractivity contribution in [3.8, 4) is 6.07 Å². The first-order chi connectivity index (χ1) is 7.96. The SMILES string of the molecule is CC(C)(C#N)CNC(=O)C1CCCCCC1N. The van der Waals surface area contributed by atoms with Gasteiger partial charge in [0.05, 0.1) is 17.4 Å². The number of nitriles is 1. The van der Waals surface area contributed by atoms with Gasteiger partial charge in [-0.1, -0.05) is 19.3 Å². The molecule has 2 unspecified atom stereocenters. The molecule has 1 amide bonds. The van der Waals surface area contributed by atoms with Crippen LogP contribution in [0.1, 0.15) is 46.0 Å². The molecule has 0 aromatic rings. The molecule has 0 bridgehead atoms.